The van der Waals surface area contributed by atoms with Crippen molar-refractivity contribution < 1.29 is 14.5 Å². The van der Waals surface area contributed by atoms with Crippen molar-refractivity contribution in [3.8, 4) is 0 Å². The van der Waals surface area contributed by atoms with Gasteiger partial charge in [0.1, 0.15) is 6.04 Å². The molecule has 0 aliphatic carbocycles. The zero-order valence-electron chi connectivity index (χ0n) is 22.0. The largest absolute Gasteiger partial charge is 0.354 e. The Hall–Kier alpha value is -3.65. The molecule has 7 nitrogen and oxygen atoms in total. The Balaban J connectivity index is 1.80. The zero-order chi connectivity index (χ0) is 27.3. The fourth-order valence-electron chi connectivity index (χ4n) is 4.00. The Kier molecular flexibility index (Phi) is 11.4. The topological polar surface area (TPSA) is 92.6 Å². The van der Waals surface area contributed by atoms with Gasteiger partial charge in [0.25, 0.3) is 5.69 Å². The number of carbonyl (C=O) groups excluding carboxylic acids is 2. The van der Waals surface area contributed by atoms with Gasteiger partial charge in [0.15, 0.2) is 0 Å². The van der Waals surface area contributed by atoms with Crippen molar-refractivity contribution in [1.82, 2.24) is 10.2 Å². The number of amides is 2. The summed E-state index contributed by atoms with van der Waals surface area (Å²) in [6.45, 7) is 4.99. The number of thioether (sulfide) groups is 1. The Bertz CT molecular complexity index is 1180. The SMILES string of the molecule is CCCCNC(=O)[C@@H](Cc1ccccc1)N(Cc1ccc(C)cc1)C(=O)CSCc1ccc([N+](=O)[O-])cc1. The summed E-state index contributed by atoms with van der Waals surface area (Å²) in [6.07, 6.45) is 2.26. The molecule has 2 amide bonds. The molecule has 0 heterocycles. The predicted molar refractivity (Wildman–Crippen MR) is 153 cm³/mol. The number of nitro benzene ring substituents is 1. The predicted octanol–water partition coefficient (Wildman–Crippen LogP) is 5.69. The molecule has 3 aromatic carbocycles. The van der Waals surface area contributed by atoms with Gasteiger partial charge in [-0.1, -0.05) is 85.6 Å². The second-order valence-corrected chi connectivity index (χ2v) is 10.3. The second-order valence-electron chi connectivity index (χ2n) is 9.27. The highest BCUT2D eigenvalue weighted by atomic mass is 32.2. The van der Waals surface area contributed by atoms with Crippen LogP contribution in [0.15, 0.2) is 78.9 Å². The molecule has 0 aliphatic heterocycles. The molecule has 200 valence electrons. The number of hydrogen-bond acceptors (Lipinski definition) is 5. The van der Waals surface area contributed by atoms with Gasteiger partial charge >= 0.3 is 0 Å². The van der Waals surface area contributed by atoms with Crippen molar-refractivity contribution in [2.75, 3.05) is 12.3 Å². The number of rotatable bonds is 14. The summed E-state index contributed by atoms with van der Waals surface area (Å²) >= 11 is 1.43. The summed E-state index contributed by atoms with van der Waals surface area (Å²) in [5, 5.41) is 13.9. The van der Waals surface area contributed by atoms with E-state index in [-0.39, 0.29) is 23.3 Å². The van der Waals surface area contributed by atoms with Crippen LogP contribution < -0.4 is 5.32 Å². The Morgan fingerprint density at radius 3 is 2.24 bits per heavy atom. The van der Waals surface area contributed by atoms with E-state index in [4.69, 9.17) is 0 Å². The lowest BCUT2D eigenvalue weighted by Crippen LogP contribution is -2.51. The van der Waals surface area contributed by atoms with Gasteiger partial charge in [-0.05, 0) is 30.0 Å². The first-order valence-electron chi connectivity index (χ1n) is 12.8. The minimum absolute atomic E-state index is 0.0388. The van der Waals surface area contributed by atoms with Crippen molar-refractivity contribution in [1.29, 1.82) is 0 Å². The van der Waals surface area contributed by atoms with Crippen LogP contribution in [-0.2, 0) is 28.3 Å². The first-order chi connectivity index (χ1) is 18.4. The molecule has 0 saturated heterocycles. The molecule has 0 fully saturated rings. The summed E-state index contributed by atoms with van der Waals surface area (Å²) in [7, 11) is 0. The normalized spacial score (nSPS) is 11.5. The molecule has 0 aliphatic rings. The third-order valence-electron chi connectivity index (χ3n) is 6.22. The molecule has 0 spiro atoms. The van der Waals surface area contributed by atoms with Crippen LogP contribution >= 0.6 is 11.8 Å². The molecular formula is C30H35N3O4S. The summed E-state index contributed by atoms with van der Waals surface area (Å²) in [4.78, 5) is 39.3. The van der Waals surface area contributed by atoms with Crippen LogP contribution in [0, 0.1) is 17.0 Å². The van der Waals surface area contributed by atoms with Crippen LogP contribution in [0.4, 0.5) is 5.69 Å². The van der Waals surface area contributed by atoms with Gasteiger partial charge in [-0.15, -0.1) is 11.8 Å². The lowest BCUT2D eigenvalue weighted by Gasteiger charge is -2.31. The Morgan fingerprint density at radius 2 is 1.61 bits per heavy atom. The van der Waals surface area contributed by atoms with Crippen molar-refractivity contribution in [3.05, 3.63) is 111 Å². The van der Waals surface area contributed by atoms with E-state index in [0.29, 0.717) is 25.3 Å². The highest BCUT2D eigenvalue weighted by molar-refractivity contribution is 7.99. The van der Waals surface area contributed by atoms with Gasteiger partial charge in [0.2, 0.25) is 11.8 Å². The highest BCUT2D eigenvalue weighted by Crippen LogP contribution is 2.20. The van der Waals surface area contributed by atoms with E-state index in [1.807, 2.05) is 61.5 Å². The maximum Gasteiger partial charge on any atom is 0.269 e. The third-order valence-corrected chi connectivity index (χ3v) is 7.20. The van der Waals surface area contributed by atoms with E-state index in [9.17, 15) is 19.7 Å². The lowest BCUT2D eigenvalue weighted by atomic mass is 10.0. The number of hydrogen-bond donors (Lipinski definition) is 1. The summed E-state index contributed by atoms with van der Waals surface area (Å²) in [6, 6.07) is 23.5. The van der Waals surface area contributed by atoms with Gasteiger partial charge in [-0.3, -0.25) is 19.7 Å². The average Bonchev–Trinajstić information content (AvgIpc) is 2.92. The second kappa shape index (κ2) is 14.9. The first kappa shape index (κ1) is 28.9. The molecule has 1 atom stereocenters. The van der Waals surface area contributed by atoms with E-state index >= 15 is 0 Å². The fraction of sp³-hybridized carbons (Fsp3) is 0.333. The monoisotopic (exact) mass is 533 g/mol. The van der Waals surface area contributed by atoms with Gasteiger partial charge in [-0.25, -0.2) is 0 Å². The van der Waals surface area contributed by atoms with Crippen LogP contribution in [0.2, 0.25) is 0 Å². The van der Waals surface area contributed by atoms with E-state index in [1.54, 1.807) is 17.0 Å². The minimum Gasteiger partial charge on any atom is -0.354 e. The van der Waals surface area contributed by atoms with E-state index in [0.717, 1.165) is 35.1 Å². The number of non-ortho nitro benzene ring substituents is 1. The third kappa shape index (κ3) is 9.03. The molecule has 0 unspecified atom stereocenters. The lowest BCUT2D eigenvalue weighted by molar-refractivity contribution is -0.384. The van der Waals surface area contributed by atoms with E-state index < -0.39 is 11.0 Å². The summed E-state index contributed by atoms with van der Waals surface area (Å²) < 4.78 is 0. The Labute approximate surface area is 228 Å². The minimum atomic E-state index is -0.650. The molecule has 3 aromatic rings. The van der Waals surface area contributed by atoms with Crippen LogP contribution in [0.25, 0.3) is 0 Å². The molecular weight excluding hydrogens is 498 g/mol. The molecule has 0 saturated carbocycles. The molecule has 0 aromatic heterocycles. The van der Waals surface area contributed by atoms with Crippen molar-refractivity contribution >= 4 is 29.3 Å². The first-order valence-corrected chi connectivity index (χ1v) is 14.0. The van der Waals surface area contributed by atoms with Crippen molar-refractivity contribution in [2.24, 2.45) is 0 Å². The summed E-state index contributed by atoms with van der Waals surface area (Å²) in [5.74, 6) is 0.456. The quantitative estimate of drug-likeness (QED) is 0.163. The van der Waals surface area contributed by atoms with Gasteiger partial charge in [0.05, 0.1) is 10.7 Å². The molecule has 38 heavy (non-hydrogen) atoms. The van der Waals surface area contributed by atoms with Crippen molar-refractivity contribution in [3.63, 3.8) is 0 Å². The van der Waals surface area contributed by atoms with Gasteiger partial charge < -0.3 is 10.2 Å². The van der Waals surface area contributed by atoms with Crippen LogP contribution in [-0.4, -0.2) is 40.0 Å². The summed E-state index contributed by atoms with van der Waals surface area (Å²) in [5.41, 5.74) is 4.02. The standard InChI is InChI=1S/C30H35N3O4S/c1-3-4-18-31-30(35)28(19-24-8-6-5-7-9-24)32(20-25-12-10-23(2)11-13-25)29(34)22-38-21-26-14-16-27(17-15-26)33(36)37/h5-17,28H,3-4,18-22H2,1-2H3,(H,31,35)/t28-/m1/s1. The maximum absolute atomic E-state index is 13.7. The van der Waals surface area contributed by atoms with Crippen LogP contribution in [0.5, 0.6) is 0 Å². The fourth-order valence-corrected chi connectivity index (χ4v) is 4.87. The number of nitro groups is 1. The zero-order valence-corrected chi connectivity index (χ0v) is 22.8. The number of nitrogens with zero attached hydrogens (tertiary/aromatic N) is 2. The number of carbonyl (C=O) groups is 2. The molecule has 8 heteroatoms. The van der Waals surface area contributed by atoms with Crippen LogP contribution in [0.1, 0.15) is 42.0 Å². The number of aryl methyl sites for hydroxylation is 1. The molecule has 0 radical (unpaired) electrons. The van der Waals surface area contributed by atoms with E-state index in [2.05, 4.69) is 12.2 Å². The number of nitrogens with one attached hydrogen (secondary N) is 1. The molecule has 1 N–H and O–H groups in total. The number of unbranched alkanes of at least 4 members (excludes halogenated alkanes) is 1. The van der Waals surface area contributed by atoms with E-state index in [1.165, 1.54) is 23.9 Å². The molecule has 0 bridgehead atoms. The number of benzene rings is 3. The highest BCUT2D eigenvalue weighted by Gasteiger charge is 2.30. The Morgan fingerprint density at radius 1 is 0.947 bits per heavy atom. The van der Waals surface area contributed by atoms with Gasteiger partial charge in [0, 0.05) is 37.4 Å². The smallest absolute Gasteiger partial charge is 0.269 e. The average molecular weight is 534 g/mol. The molecule has 3 rings (SSSR count). The van der Waals surface area contributed by atoms with Crippen molar-refractivity contribution in [2.45, 2.75) is 51.4 Å². The van der Waals surface area contributed by atoms with Crippen LogP contribution in [0.3, 0.4) is 0 Å². The van der Waals surface area contributed by atoms with Gasteiger partial charge in [-0.2, -0.15) is 0 Å². The maximum atomic E-state index is 13.7.